The number of carbonyl (C=O) groups excluding carboxylic acids is 1. The molecule has 0 saturated heterocycles. The monoisotopic (exact) mass is 369 g/mol. The van der Waals surface area contributed by atoms with Gasteiger partial charge in [0.2, 0.25) is 5.13 Å². The molecular weight excluding hydrogens is 350 g/mol. The third-order valence-electron chi connectivity index (χ3n) is 2.99. The smallest absolute Gasteiger partial charge is 0.413 e. The van der Waals surface area contributed by atoms with Crippen LogP contribution in [-0.2, 0) is 4.74 Å². The van der Waals surface area contributed by atoms with E-state index in [-0.39, 0.29) is 12.0 Å². The molecule has 1 atom stereocenters. The van der Waals surface area contributed by atoms with Crippen molar-refractivity contribution in [2.75, 3.05) is 11.9 Å². The van der Waals surface area contributed by atoms with Crippen LogP contribution in [-0.4, -0.2) is 22.9 Å². The van der Waals surface area contributed by atoms with Gasteiger partial charge in [-0.1, -0.05) is 36.8 Å². The fraction of sp³-hybridized carbons (Fsp3) is 0.438. The number of hydrogen-bond acceptors (Lipinski definition) is 6. The minimum atomic E-state index is -0.534. The number of nitrogens with zero attached hydrogens (tertiary/aromatic N) is 2. The average Bonchev–Trinajstić information content (AvgIpc) is 2.96. The van der Waals surface area contributed by atoms with Crippen molar-refractivity contribution in [2.24, 2.45) is 5.92 Å². The number of rotatable bonds is 6. The van der Waals surface area contributed by atoms with Gasteiger partial charge in [0.1, 0.15) is 11.9 Å². The van der Waals surface area contributed by atoms with E-state index in [2.05, 4.69) is 15.5 Å². The van der Waals surface area contributed by atoms with Crippen LogP contribution in [0, 0.1) is 12.8 Å². The topological polar surface area (TPSA) is 73.3 Å². The SMILES string of the molecule is Cc1cc(Cl)ccc1O[C@H](C)c1nnc(NC(=O)OCC(C)C)s1. The molecule has 0 aliphatic heterocycles. The fourth-order valence-corrected chi connectivity index (χ4v) is 2.74. The number of aryl methyl sites for hydroxylation is 1. The van der Waals surface area contributed by atoms with E-state index >= 15 is 0 Å². The third-order valence-corrected chi connectivity index (χ3v) is 4.22. The normalized spacial score (nSPS) is 12.1. The summed E-state index contributed by atoms with van der Waals surface area (Å²) in [6.45, 7) is 8.08. The molecule has 1 heterocycles. The number of aromatic nitrogens is 2. The zero-order valence-electron chi connectivity index (χ0n) is 14.0. The van der Waals surface area contributed by atoms with Crippen molar-refractivity contribution in [1.82, 2.24) is 10.2 Å². The predicted octanol–water partition coefficient (Wildman–Crippen LogP) is 4.84. The molecule has 1 aromatic heterocycles. The van der Waals surface area contributed by atoms with Gasteiger partial charge >= 0.3 is 6.09 Å². The Morgan fingerprint density at radius 2 is 2.08 bits per heavy atom. The summed E-state index contributed by atoms with van der Waals surface area (Å²) in [4.78, 5) is 11.6. The van der Waals surface area contributed by atoms with Crippen molar-refractivity contribution in [2.45, 2.75) is 33.8 Å². The molecule has 1 N–H and O–H groups in total. The molecule has 1 amide bonds. The maximum absolute atomic E-state index is 11.6. The van der Waals surface area contributed by atoms with Gasteiger partial charge in [-0.05, 0) is 43.5 Å². The van der Waals surface area contributed by atoms with Gasteiger partial charge in [-0.15, -0.1) is 10.2 Å². The van der Waals surface area contributed by atoms with E-state index in [9.17, 15) is 4.79 Å². The summed E-state index contributed by atoms with van der Waals surface area (Å²) in [7, 11) is 0. The second-order valence-electron chi connectivity index (χ2n) is 5.73. The molecule has 2 aromatic rings. The number of amides is 1. The van der Waals surface area contributed by atoms with Crippen molar-refractivity contribution in [3.05, 3.63) is 33.8 Å². The van der Waals surface area contributed by atoms with E-state index in [1.165, 1.54) is 11.3 Å². The minimum Gasteiger partial charge on any atom is -0.483 e. The lowest BCUT2D eigenvalue weighted by Gasteiger charge is -2.13. The summed E-state index contributed by atoms with van der Waals surface area (Å²) in [6.07, 6.45) is -0.835. The average molecular weight is 370 g/mol. The molecule has 0 aliphatic carbocycles. The maximum Gasteiger partial charge on any atom is 0.413 e. The molecule has 6 nitrogen and oxygen atoms in total. The van der Waals surface area contributed by atoms with E-state index in [1.807, 2.05) is 39.8 Å². The molecule has 2 rings (SSSR count). The Morgan fingerprint density at radius 1 is 1.33 bits per heavy atom. The van der Waals surface area contributed by atoms with Crippen LogP contribution in [0.3, 0.4) is 0 Å². The summed E-state index contributed by atoms with van der Waals surface area (Å²) in [5.74, 6) is 1.00. The van der Waals surface area contributed by atoms with Gasteiger partial charge in [0.25, 0.3) is 0 Å². The lowest BCUT2D eigenvalue weighted by atomic mass is 10.2. The fourth-order valence-electron chi connectivity index (χ4n) is 1.80. The number of nitrogens with one attached hydrogen (secondary N) is 1. The number of carbonyl (C=O) groups is 1. The summed E-state index contributed by atoms with van der Waals surface area (Å²) in [5.41, 5.74) is 0.939. The summed E-state index contributed by atoms with van der Waals surface area (Å²) in [5, 5.41) is 12.3. The molecule has 24 heavy (non-hydrogen) atoms. The van der Waals surface area contributed by atoms with Gasteiger partial charge in [0.05, 0.1) is 6.61 Å². The van der Waals surface area contributed by atoms with E-state index in [1.54, 1.807) is 6.07 Å². The van der Waals surface area contributed by atoms with E-state index in [0.29, 0.717) is 21.8 Å². The quantitative estimate of drug-likeness (QED) is 0.788. The predicted molar refractivity (Wildman–Crippen MR) is 94.9 cm³/mol. The van der Waals surface area contributed by atoms with Gasteiger partial charge in [-0.25, -0.2) is 4.79 Å². The van der Waals surface area contributed by atoms with Gasteiger partial charge < -0.3 is 9.47 Å². The molecular formula is C16H20ClN3O3S. The largest absolute Gasteiger partial charge is 0.483 e. The van der Waals surface area contributed by atoms with Crippen molar-refractivity contribution < 1.29 is 14.3 Å². The van der Waals surface area contributed by atoms with Crippen LogP contribution in [0.4, 0.5) is 9.93 Å². The van der Waals surface area contributed by atoms with Crippen LogP contribution in [0.25, 0.3) is 0 Å². The van der Waals surface area contributed by atoms with E-state index in [4.69, 9.17) is 21.1 Å². The molecule has 0 bridgehead atoms. The first-order valence-electron chi connectivity index (χ1n) is 7.55. The number of benzene rings is 1. The zero-order valence-corrected chi connectivity index (χ0v) is 15.6. The van der Waals surface area contributed by atoms with Gasteiger partial charge in [0.15, 0.2) is 5.01 Å². The van der Waals surface area contributed by atoms with Gasteiger partial charge in [0, 0.05) is 5.02 Å². The van der Waals surface area contributed by atoms with Gasteiger partial charge in [-0.2, -0.15) is 0 Å². The first kappa shape index (κ1) is 18.5. The molecule has 0 aliphatic rings. The van der Waals surface area contributed by atoms with Crippen LogP contribution >= 0.6 is 22.9 Å². The second kappa shape index (κ2) is 8.30. The van der Waals surface area contributed by atoms with Crippen LogP contribution in [0.15, 0.2) is 18.2 Å². The van der Waals surface area contributed by atoms with E-state index < -0.39 is 6.09 Å². The molecule has 8 heteroatoms. The standard InChI is InChI=1S/C16H20ClN3O3S/c1-9(2)8-22-16(21)18-15-20-19-14(24-15)11(4)23-13-6-5-12(17)7-10(13)3/h5-7,9,11H,8H2,1-4H3,(H,18,20,21)/t11-/m1/s1. The zero-order chi connectivity index (χ0) is 17.7. The highest BCUT2D eigenvalue weighted by molar-refractivity contribution is 7.15. The van der Waals surface area contributed by atoms with Crippen LogP contribution < -0.4 is 10.1 Å². The molecule has 1 aromatic carbocycles. The number of anilines is 1. The number of halogens is 1. The van der Waals surface area contributed by atoms with Crippen LogP contribution in [0.2, 0.25) is 5.02 Å². The molecule has 0 unspecified atom stereocenters. The highest BCUT2D eigenvalue weighted by Gasteiger charge is 2.16. The highest BCUT2D eigenvalue weighted by atomic mass is 35.5. The third kappa shape index (κ3) is 5.35. The van der Waals surface area contributed by atoms with Crippen molar-refractivity contribution in [1.29, 1.82) is 0 Å². The molecule has 0 saturated carbocycles. The Hall–Kier alpha value is -1.86. The lowest BCUT2D eigenvalue weighted by molar-refractivity contribution is 0.147. The molecule has 0 fully saturated rings. The Labute approximate surface area is 150 Å². The first-order valence-corrected chi connectivity index (χ1v) is 8.74. The second-order valence-corrected chi connectivity index (χ2v) is 7.18. The van der Waals surface area contributed by atoms with E-state index in [0.717, 1.165) is 11.3 Å². The highest BCUT2D eigenvalue weighted by Crippen LogP contribution is 2.29. The van der Waals surface area contributed by atoms with Crippen molar-refractivity contribution in [3.8, 4) is 5.75 Å². The molecule has 0 spiro atoms. The van der Waals surface area contributed by atoms with Gasteiger partial charge in [-0.3, -0.25) is 5.32 Å². The van der Waals surface area contributed by atoms with Crippen LogP contribution in [0.5, 0.6) is 5.75 Å². The summed E-state index contributed by atoms with van der Waals surface area (Å²) in [6, 6.07) is 5.42. The minimum absolute atomic E-state index is 0.275. The Bertz CT molecular complexity index is 706. The number of hydrogen-bond donors (Lipinski definition) is 1. The van der Waals surface area contributed by atoms with Crippen molar-refractivity contribution in [3.63, 3.8) is 0 Å². The van der Waals surface area contributed by atoms with Crippen molar-refractivity contribution >= 4 is 34.2 Å². The summed E-state index contributed by atoms with van der Waals surface area (Å²) >= 11 is 7.19. The first-order chi connectivity index (χ1) is 11.3. The Morgan fingerprint density at radius 3 is 2.75 bits per heavy atom. The molecule has 0 radical (unpaired) electrons. The Kier molecular flexibility index (Phi) is 6.39. The van der Waals surface area contributed by atoms with Crippen LogP contribution in [0.1, 0.15) is 37.4 Å². The lowest BCUT2D eigenvalue weighted by Crippen LogP contribution is -2.16. The number of ether oxygens (including phenoxy) is 2. The summed E-state index contributed by atoms with van der Waals surface area (Å²) < 4.78 is 10.9. The Balaban J connectivity index is 1.95. The maximum atomic E-state index is 11.6. The molecule has 130 valence electrons.